The van der Waals surface area contributed by atoms with Crippen molar-refractivity contribution in [3.63, 3.8) is 0 Å². The molecule has 120 valence electrons. The molecular formula is C22H32. The minimum atomic E-state index is 0.557. The molecule has 0 spiro atoms. The molecule has 2 aromatic rings. The first-order valence-corrected chi connectivity index (χ1v) is 8.84. The van der Waals surface area contributed by atoms with Crippen molar-refractivity contribution in [2.24, 2.45) is 0 Å². The Morgan fingerprint density at radius 1 is 0.545 bits per heavy atom. The van der Waals surface area contributed by atoms with Gasteiger partial charge in [-0.05, 0) is 56.7 Å². The molecule has 0 saturated carbocycles. The highest BCUT2D eigenvalue weighted by Gasteiger charge is 2.17. The van der Waals surface area contributed by atoms with Crippen LogP contribution in [0.15, 0.2) is 24.3 Å². The summed E-state index contributed by atoms with van der Waals surface area (Å²) in [5.74, 6) is 2.25. The van der Waals surface area contributed by atoms with E-state index in [1.165, 1.54) is 33.0 Å². The van der Waals surface area contributed by atoms with Gasteiger partial charge in [0.15, 0.2) is 0 Å². The van der Waals surface area contributed by atoms with Crippen LogP contribution in [0.4, 0.5) is 0 Å². The third kappa shape index (κ3) is 3.07. The van der Waals surface area contributed by atoms with Crippen LogP contribution < -0.4 is 0 Å². The van der Waals surface area contributed by atoms with Gasteiger partial charge in [-0.1, -0.05) is 79.7 Å². The van der Waals surface area contributed by atoms with Gasteiger partial charge in [-0.25, -0.2) is 0 Å². The SMILES string of the molecule is CC(C)c1cc(C(C)C)c2c(C(C)C)ccc(C(C)C)c2c1. The zero-order valence-electron chi connectivity index (χ0n) is 15.6. The van der Waals surface area contributed by atoms with Crippen molar-refractivity contribution >= 4 is 10.8 Å². The zero-order chi connectivity index (χ0) is 16.6. The van der Waals surface area contributed by atoms with Crippen LogP contribution in [0.3, 0.4) is 0 Å². The van der Waals surface area contributed by atoms with Crippen molar-refractivity contribution < 1.29 is 0 Å². The summed E-state index contributed by atoms with van der Waals surface area (Å²) in [5.41, 5.74) is 5.98. The van der Waals surface area contributed by atoms with Gasteiger partial charge in [0.05, 0.1) is 0 Å². The fraction of sp³-hybridized carbons (Fsp3) is 0.545. The van der Waals surface area contributed by atoms with Crippen molar-refractivity contribution in [3.8, 4) is 0 Å². The largest absolute Gasteiger partial charge is 0.0587 e. The van der Waals surface area contributed by atoms with Gasteiger partial charge in [-0.3, -0.25) is 0 Å². The summed E-state index contributed by atoms with van der Waals surface area (Å²) in [6.45, 7) is 18.5. The first-order valence-electron chi connectivity index (χ1n) is 8.84. The van der Waals surface area contributed by atoms with Gasteiger partial charge in [0.1, 0.15) is 0 Å². The van der Waals surface area contributed by atoms with E-state index in [9.17, 15) is 0 Å². The van der Waals surface area contributed by atoms with E-state index in [4.69, 9.17) is 0 Å². The average molecular weight is 296 g/mol. The topological polar surface area (TPSA) is 0 Å². The van der Waals surface area contributed by atoms with Gasteiger partial charge in [-0.2, -0.15) is 0 Å². The van der Waals surface area contributed by atoms with Crippen molar-refractivity contribution in [3.05, 3.63) is 46.5 Å². The van der Waals surface area contributed by atoms with E-state index >= 15 is 0 Å². The summed E-state index contributed by atoms with van der Waals surface area (Å²) in [6.07, 6.45) is 0. The molecule has 0 saturated heterocycles. The molecule has 0 nitrogen and oxygen atoms in total. The van der Waals surface area contributed by atoms with E-state index in [0.717, 1.165) is 0 Å². The maximum absolute atomic E-state index is 2.45. The lowest BCUT2D eigenvalue weighted by Gasteiger charge is -2.22. The van der Waals surface area contributed by atoms with E-state index in [1.807, 2.05) is 0 Å². The van der Waals surface area contributed by atoms with Crippen LogP contribution in [0.1, 0.15) is 101 Å². The maximum atomic E-state index is 2.45. The number of benzene rings is 2. The molecule has 0 atom stereocenters. The second-order valence-corrected chi connectivity index (χ2v) is 7.90. The highest BCUT2D eigenvalue weighted by atomic mass is 14.2. The molecule has 0 bridgehead atoms. The maximum Gasteiger partial charge on any atom is -0.0112 e. The molecule has 0 aliphatic carbocycles. The van der Waals surface area contributed by atoms with Gasteiger partial charge in [0, 0.05) is 0 Å². The summed E-state index contributed by atoms with van der Waals surface area (Å²) in [4.78, 5) is 0. The molecule has 0 aliphatic rings. The molecule has 0 unspecified atom stereocenters. The van der Waals surface area contributed by atoms with Crippen LogP contribution >= 0.6 is 0 Å². The third-order valence-corrected chi connectivity index (χ3v) is 4.77. The molecule has 0 aliphatic heterocycles. The van der Waals surface area contributed by atoms with Crippen molar-refractivity contribution in [2.45, 2.75) is 79.1 Å². The molecule has 0 fully saturated rings. The lowest BCUT2D eigenvalue weighted by atomic mass is 9.82. The van der Waals surface area contributed by atoms with Crippen LogP contribution in [0.2, 0.25) is 0 Å². The Labute approximate surface area is 136 Å². The fourth-order valence-corrected chi connectivity index (χ4v) is 3.36. The third-order valence-electron chi connectivity index (χ3n) is 4.77. The number of fused-ring (bicyclic) bond motifs is 1. The molecule has 22 heavy (non-hydrogen) atoms. The zero-order valence-corrected chi connectivity index (χ0v) is 15.6. The second kappa shape index (κ2) is 6.44. The van der Waals surface area contributed by atoms with Gasteiger partial charge < -0.3 is 0 Å². The van der Waals surface area contributed by atoms with Gasteiger partial charge >= 0.3 is 0 Å². The lowest BCUT2D eigenvalue weighted by molar-refractivity contribution is 0.828. The number of hydrogen-bond donors (Lipinski definition) is 0. The van der Waals surface area contributed by atoms with E-state index in [2.05, 4.69) is 79.7 Å². The van der Waals surface area contributed by atoms with Crippen LogP contribution in [-0.2, 0) is 0 Å². The summed E-state index contributed by atoms with van der Waals surface area (Å²) in [5, 5.41) is 3.00. The minimum Gasteiger partial charge on any atom is -0.0587 e. The number of rotatable bonds is 4. The van der Waals surface area contributed by atoms with Gasteiger partial charge in [0.25, 0.3) is 0 Å². The highest BCUT2D eigenvalue weighted by Crippen LogP contribution is 2.38. The lowest BCUT2D eigenvalue weighted by Crippen LogP contribution is -2.02. The van der Waals surface area contributed by atoms with E-state index < -0.39 is 0 Å². The molecule has 2 rings (SSSR count). The molecule has 0 N–H and O–H groups in total. The van der Waals surface area contributed by atoms with Crippen LogP contribution in [0.5, 0.6) is 0 Å². The molecule has 0 heteroatoms. The van der Waals surface area contributed by atoms with E-state index in [1.54, 1.807) is 0 Å². The Balaban J connectivity index is 2.97. The first-order chi connectivity index (χ1) is 10.2. The van der Waals surface area contributed by atoms with Gasteiger partial charge in [0.2, 0.25) is 0 Å². The number of hydrogen-bond acceptors (Lipinski definition) is 0. The quantitative estimate of drug-likeness (QED) is 0.554. The predicted octanol–water partition coefficient (Wildman–Crippen LogP) is 7.33. The molecule has 0 heterocycles. The van der Waals surface area contributed by atoms with Crippen LogP contribution in [0, 0.1) is 0 Å². The molecule has 0 radical (unpaired) electrons. The minimum absolute atomic E-state index is 0.557. The standard InChI is InChI=1S/C22H32/c1-13(2)17-11-20(16(7)8)22-19(15(5)6)10-9-18(14(3)4)21(22)12-17/h9-16H,1-8H3. The summed E-state index contributed by atoms with van der Waals surface area (Å²) < 4.78 is 0. The Bertz CT molecular complexity index is 657. The average Bonchev–Trinajstić information content (AvgIpc) is 2.43. The smallest absolute Gasteiger partial charge is 0.0112 e. The summed E-state index contributed by atoms with van der Waals surface area (Å²) in [7, 11) is 0. The first kappa shape index (κ1) is 17.1. The Morgan fingerprint density at radius 3 is 1.50 bits per heavy atom. The van der Waals surface area contributed by atoms with Crippen molar-refractivity contribution in [1.29, 1.82) is 0 Å². The molecule has 0 aromatic heterocycles. The summed E-state index contributed by atoms with van der Waals surface area (Å²) in [6, 6.07) is 9.63. The molecular weight excluding hydrogens is 264 g/mol. The van der Waals surface area contributed by atoms with E-state index in [0.29, 0.717) is 23.7 Å². The van der Waals surface area contributed by atoms with E-state index in [-0.39, 0.29) is 0 Å². The summed E-state index contributed by atoms with van der Waals surface area (Å²) >= 11 is 0. The monoisotopic (exact) mass is 296 g/mol. The predicted molar refractivity (Wildman–Crippen MR) is 100 cm³/mol. The van der Waals surface area contributed by atoms with Crippen molar-refractivity contribution in [2.75, 3.05) is 0 Å². The van der Waals surface area contributed by atoms with Crippen LogP contribution in [0.25, 0.3) is 10.8 Å². The van der Waals surface area contributed by atoms with Gasteiger partial charge in [-0.15, -0.1) is 0 Å². The Kier molecular flexibility index (Phi) is 5.00. The second-order valence-electron chi connectivity index (χ2n) is 7.90. The molecule has 2 aromatic carbocycles. The Morgan fingerprint density at radius 2 is 1.05 bits per heavy atom. The fourth-order valence-electron chi connectivity index (χ4n) is 3.36. The normalized spacial score (nSPS) is 12.4. The highest BCUT2D eigenvalue weighted by molar-refractivity contribution is 5.93. The molecule has 0 amide bonds. The van der Waals surface area contributed by atoms with Crippen LogP contribution in [-0.4, -0.2) is 0 Å². The Hall–Kier alpha value is -1.30. The van der Waals surface area contributed by atoms with Crippen molar-refractivity contribution in [1.82, 2.24) is 0 Å².